The summed E-state index contributed by atoms with van der Waals surface area (Å²) in [6, 6.07) is 1.55. The number of aromatic nitrogens is 1. The Labute approximate surface area is 120 Å². The normalized spacial score (nSPS) is 29.0. The summed E-state index contributed by atoms with van der Waals surface area (Å²) in [5, 5.41) is 2.19. The van der Waals surface area contributed by atoms with Gasteiger partial charge < -0.3 is 0 Å². The largest absolute Gasteiger partial charge is 0.298 e. The quantitative estimate of drug-likeness (QED) is 0.844. The van der Waals surface area contributed by atoms with E-state index in [-0.39, 0.29) is 0 Å². The molecule has 1 aromatic heterocycles. The molecule has 2 unspecified atom stereocenters. The minimum Gasteiger partial charge on any atom is -0.298 e. The van der Waals surface area contributed by atoms with Crippen LogP contribution in [0.4, 0.5) is 0 Å². The van der Waals surface area contributed by atoms with E-state index in [1.54, 1.807) is 11.3 Å². The SMILES string of the molecule is CC(C)C1CN2CCCC2CN1CCc1cscn1. The molecule has 3 heterocycles. The fourth-order valence-corrected chi connectivity index (χ4v) is 4.21. The van der Waals surface area contributed by atoms with E-state index in [1.807, 2.05) is 5.51 Å². The van der Waals surface area contributed by atoms with Gasteiger partial charge in [-0.1, -0.05) is 13.8 Å². The van der Waals surface area contributed by atoms with Crippen LogP contribution in [0.1, 0.15) is 32.4 Å². The lowest BCUT2D eigenvalue weighted by molar-refractivity contribution is 0.0301. The molecule has 0 aliphatic carbocycles. The first-order chi connectivity index (χ1) is 9.24. The van der Waals surface area contributed by atoms with Gasteiger partial charge >= 0.3 is 0 Å². The van der Waals surface area contributed by atoms with E-state index in [0.29, 0.717) is 0 Å². The van der Waals surface area contributed by atoms with Crippen molar-refractivity contribution in [2.75, 3.05) is 26.2 Å². The van der Waals surface area contributed by atoms with Crippen LogP contribution >= 0.6 is 11.3 Å². The van der Waals surface area contributed by atoms with Gasteiger partial charge in [0.15, 0.2) is 0 Å². The van der Waals surface area contributed by atoms with Crippen LogP contribution in [-0.4, -0.2) is 53.0 Å². The predicted octanol–water partition coefficient (Wildman–Crippen LogP) is 2.49. The smallest absolute Gasteiger partial charge is 0.0794 e. The average molecular weight is 279 g/mol. The summed E-state index contributed by atoms with van der Waals surface area (Å²) in [5.41, 5.74) is 3.21. The number of nitrogens with zero attached hydrogens (tertiary/aromatic N) is 3. The lowest BCUT2D eigenvalue weighted by Gasteiger charge is -2.45. The molecule has 2 aliphatic heterocycles. The van der Waals surface area contributed by atoms with Gasteiger partial charge in [-0.05, 0) is 25.3 Å². The lowest BCUT2D eigenvalue weighted by Crippen LogP contribution is -2.58. The van der Waals surface area contributed by atoms with Gasteiger partial charge in [-0.2, -0.15) is 0 Å². The maximum Gasteiger partial charge on any atom is 0.0794 e. The van der Waals surface area contributed by atoms with Crippen molar-refractivity contribution in [3.8, 4) is 0 Å². The third kappa shape index (κ3) is 3.01. The molecular formula is C15H25N3S. The molecule has 1 aromatic rings. The Kier molecular flexibility index (Phi) is 4.20. The molecule has 3 rings (SSSR count). The van der Waals surface area contributed by atoms with Crippen molar-refractivity contribution in [2.24, 2.45) is 5.92 Å². The molecule has 106 valence electrons. The molecule has 0 bridgehead atoms. The maximum absolute atomic E-state index is 4.42. The molecule has 0 amide bonds. The summed E-state index contributed by atoms with van der Waals surface area (Å²) in [5.74, 6) is 0.747. The van der Waals surface area contributed by atoms with E-state index in [9.17, 15) is 0 Å². The van der Waals surface area contributed by atoms with Crippen LogP contribution in [0, 0.1) is 5.92 Å². The molecule has 3 nitrogen and oxygen atoms in total. The Morgan fingerprint density at radius 2 is 2.32 bits per heavy atom. The van der Waals surface area contributed by atoms with E-state index in [4.69, 9.17) is 0 Å². The molecule has 2 saturated heterocycles. The first-order valence-corrected chi connectivity index (χ1v) is 8.53. The molecule has 0 aromatic carbocycles. The van der Waals surface area contributed by atoms with Crippen molar-refractivity contribution >= 4 is 11.3 Å². The highest BCUT2D eigenvalue weighted by molar-refractivity contribution is 7.07. The summed E-state index contributed by atoms with van der Waals surface area (Å²) >= 11 is 1.71. The summed E-state index contributed by atoms with van der Waals surface area (Å²) in [7, 11) is 0. The van der Waals surface area contributed by atoms with Gasteiger partial charge in [0.2, 0.25) is 0 Å². The van der Waals surface area contributed by atoms with Crippen LogP contribution in [-0.2, 0) is 6.42 Å². The van der Waals surface area contributed by atoms with Gasteiger partial charge in [-0.25, -0.2) is 4.98 Å². The van der Waals surface area contributed by atoms with Crippen molar-refractivity contribution in [1.82, 2.24) is 14.8 Å². The molecular weight excluding hydrogens is 254 g/mol. The molecule has 0 N–H and O–H groups in total. The monoisotopic (exact) mass is 279 g/mol. The Morgan fingerprint density at radius 3 is 3.05 bits per heavy atom. The van der Waals surface area contributed by atoms with Crippen molar-refractivity contribution in [2.45, 2.75) is 45.2 Å². The van der Waals surface area contributed by atoms with Crippen LogP contribution in [0.15, 0.2) is 10.9 Å². The minimum absolute atomic E-state index is 0.730. The van der Waals surface area contributed by atoms with Crippen LogP contribution in [0.2, 0.25) is 0 Å². The van der Waals surface area contributed by atoms with Crippen molar-refractivity contribution in [3.63, 3.8) is 0 Å². The van der Waals surface area contributed by atoms with Crippen LogP contribution in [0.5, 0.6) is 0 Å². The second kappa shape index (κ2) is 5.90. The zero-order valence-electron chi connectivity index (χ0n) is 12.1. The topological polar surface area (TPSA) is 19.4 Å². The molecule has 19 heavy (non-hydrogen) atoms. The van der Waals surface area contributed by atoms with Gasteiger partial charge in [0, 0.05) is 43.5 Å². The molecule has 0 saturated carbocycles. The number of rotatable bonds is 4. The summed E-state index contributed by atoms with van der Waals surface area (Å²) in [6.07, 6.45) is 3.91. The molecule has 2 fully saturated rings. The van der Waals surface area contributed by atoms with Gasteiger partial charge in [0.25, 0.3) is 0 Å². The van der Waals surface area contributed by atoms with Crippen molar-refractivity contribution in [3.05, 3.63) is 16.6 Å². The average Bonchev–Trinajstić information content (AvgIpc) is 3.05. The fourth-order valence-electron chi connectivity index (χ4n) is 3.61. The highest BCUT2D eigenvalue weighted by atomic mass is 32.1. The Morgan fingerprint density at radius 1 is 1.42 bits per heavy atom. The molecule has 2 aliphatic rings. The number of hydrogen-bond donors (Lipinski definition) is 0. The van der Waals surface area contributed by atoms with E-state index in [1.165, 1.54) is 44.7 Å². The van der Waals surface area contributed by atoms with Gasteiger partial charge in [-0.3, -0.25) is 9.80 Å². The van der Waals surface area contributed by atoms with Crippen LogP contribution < -0.4 is 0 Å². The highest BCUT2D eigenvalue weighted by Crippen LogP contribution is 2.27. The Bertz CT molecular complexity index is 390. The molecule has 0 spiro atoms. The van der Waals surface area contributed by atoms with Gasteiger partial charge in [0.1, 0.15) is 0 Å². The molecule has 4 heteroatoms. The second-order valence-electron chi connectivity index (χ2n) is 6.33. The van der Waals surface area contributed by atoms with Gasteiger partial charge in [0.05, 0.1) is 11.2 Å². The zero-order chi connectivity index (χ0) is 13.2. The standard InChI is InChI=1S/C15H25N3S/c1-12(2)15-9-17-6-3-4-14(17)8-18(15)7-5-13-10-19-11-16-13/h10-12,14-15H,3-9H2,1-2H3. The minimum atomic E-state index is 0.730. The molecule has 2 atom stereocenters. The number of piperazine rings is 1. The summed E-state index contributed by atoms with van der Waals surface area (Å²) in [4.78, 5) is 9.88. The number of fused-ring (bicyclic) bond motifs is 1. The fraction of sp³-hybridized carbons (Fsp3) is 0.800. The summed E-state index contributed by atoms with van der Waals surface area (Å²) in [6.45, 7) is 9.80. The first-order valence-electron chi connectivity index (χ1n) is 7.59. The van der Waals surface area contributed by atoms with E-state index >= 15 is 0 Å². The van der Waals surface area contributed by atoms with Crippen molar-refractivity contribution < 1.29 is 0 Å². The predicted molar refractivity (Wildman–Crippen MR) is 80.6 cm³/mol. The Balaban J connectivity index is 1.63. The third-order valence-corrected chi connectivity index (χ3v) is 5.38. The van der Waals surface area contributed by atoms with Crippen molar-refractivity contribution in [1.29, 1.82) is 0 Å². The van der Waals surface area contributed by atoms with E-state index in [2.05, 4.69) is 34.0 Å². The second-order valence-corrected chi connectivity index (χ2v) is 7.05. The number of hydrogen-bond acceptors (Lipinski definition) is 4. The molecule has 0 radical (unpaired) electrons. The highest BCUT2D eigenvalue weighted by Gasteiger charge is 2.36. The van der Waals surface area contributed by atoms with E-state index < -0.39 is 0 Å². The first kappa shape index (κ1) is 13.5. The maximum atomic E-state index is 4.42. The van der Waals surface area contributed by atoms with Crippen LogP contribution in [0.25, 0.3) is 0 Å². The Hall–Kier alpha value is -0.450. The van der Waals surface area contributed by atoms with Crippen LogP contribution in [0.3, 0.4) is 0 Å². The summed E-state index contributed by atoms with van der Waals surface area (Å²) < 4.78 is 0. The van der Waals surface area contributed by atoms with Gasteiger partial charge in [-0.15, -0.1) is 11.3 Å². The zero-order valence-corrected chi connectivity index (χ0v) is 12.9. The van der Waals surface area contributed by atoms with E-state index in [0.717, 1.165) is 24.4 Å². The third-order valence-electron chi connectivity index (χ3n) is 4.74. The number of thiazole rings is 1. The lowest BCUT2D eigenvalue weighted by atomic mass is 9.97.